The van der Waals surface area contributed by atoms with Crippen LogP contribution in [0.2, 0.25) is 0 Å². The molecule has 2 amide bonds. The summed E-state index contributed by atoms with van der Waals surface area (Å²) in [7, 11) is 0. The molecule has 0 spiro atoms. The van der Waals surface area contributed by atoms with E-state index in [4.69, 9.17) is 21.7 Å². The number of benzene rings is 1. The van der Waals surface area contributed by atoms with E-state index in [0.717, 1.165) is 5.56 Å². The molecule has 180 valence electrons. The molecule has 9 nitrogen and oxygen atoms in total. The molecular formula is C23H31N3O6S. The summed E-state index contributed by atoms with van der Waals surface area (Å²) >= 11 is 5.29. The second-order valence-corrected chi connectivity index (χ2v) is 8.11. The lowest BCUT2D eigenvalue weighted by Gasteiger charge is -2.36. The van der Waals surface area contributed by atoms with Gasteiger partial charge in [-0.05, 0) is 31.1 Å². The Morgan fingerprint density at radius 3 is 2.64 bits per heavy atom. The largest absolute Gasteiger partial charge is 0.465 e. The molecule has 2 rings (SSSR count). The lowest BCUT2D eigenvalue weighted by Crippen LogP contribution is -2.60. The molecular weight excluding hydrogens is 446 g/mol. The van der Waals surface area contributed by atoms with Crippen molar-refractivity contribution in [3.8, 4) is 0 Å². The summed E-state index contributed by atoms with van der Waals surface area (Å²) < 4.78 is 10.4. The molecule has 2 N–H and O–H groups in total. The van der Waals surface area contributed by atoms with Crippen molar-refractivity contribution in [2.24, 2.45) is 0 Å². The van der Waals surface area contributed by atoms with Gasteiger partial charge in [0.05, 0.1) is 25.6 Å². The summed E-state index contributed by atoms with van der Waals surface area (Å²) in [5.74, 6) is -1.81. The molecule has 0 aromatic heterocycles. The molecule has 1 saturated heterocycles. The molecule has 1 aromatic rings. The minimum atomic E-state index is -0.869. The van der Waals surface area contributed by atoms with Crippen molar-refractivity contribution in [3.63, 3.8) is 0 Å². The maximum absolute atomic E-state index is 12.3. The zero-order chi connectivity index (χ0) is 24.2. The molecule has 0 saturated carbocycles. The lowest BCUT2D eigenvalue weighted by molar-refractivity contribution is -0.151. The van der Waals surface area contributed by atoms with Crippen LogP contribution in [0.4, 0.5) is 0 Å². The number of carbonyl (C=O) groups is 4. The van der Waals surface area contributed by atoms with E-state index in [1.807, 2.05) is 37.3 Å². The van der Waals surface area contributed by atoms with Gasteiger partial charge in [0.2, 0.25) is 11.8 Å². The van der Waals surface area contributed by atoms with Gasteiger partial charge in [-0.1, -0.05) is 37.3 Å². The van der Waals surface area contributed by atoms with Crippen molar-refractivity contribution in [1.29, 1.82) is 0 Å². The monoisotopic (exact) mass is 477 g/mol. The standard InChI is InChI=1S/C23H31N3O6S/c1-3-16(2)32-21(29)15-18-22(30)24-12-13-26(18)23(33)25-19(27)9-10-20(28)31-14-11-17-7-5-4-6-8-17/h4-8,16,18H,3,9-15H2,1-2H3,(H,24,30)(H,25,27,33). The molecule has 2 unspecified atom stereocenters. The number of ether oxygens (including phenoxy) is 2. The predicted molar refractivity (Wildman–Crippen MR) is 125 cm³/mol. The number of carbonyl (C=O) groups excluding carboxylic acids is 4. The minimum absolute atomic E-state index is 0.0358. The van der Waals surface area contributed by atoms with Gasteiger partial charge in [0.25, 0.3) is 0 Å². The smallest absolute Gasteiger partial charge is 0.308 e. The van der Waals surface area contributed by atoms with Crippen molar-refractivity contribution in [2.45, 2.75) is 58.1 Å². The molecule has 1 aliphatic rings. The average Bonchev–Trinajstić information content (AvgIpc) is 2.79. The maximum Gasteiger partial charge on any atom is 0.308 e. The summed E-state index contributed by atoms with van der Waals surface area (Å²) in [6.45, 7) is 4.57. The van der Waals surface area contributed by atoms with Gasteiger partial charge in [0, 0.05) is 25.9 Å². The Labute approximate surface area is 199 Å². The van der Waals surface area contributed by atoms with Crippen molar-refractivity contribution >= 4 is 41.1 Å². The molecule has 1 fully saturated rings. The van der Waals surface area contributed by atoms with E-state index in [2.05, 4.69) is 10.6 Å². The first kappa shape index (κ1) is 26.2. The highest BCUT2D eigenvalue weighted by Crippen LogP contribution is 2.12. The maximum atomic E-state index is 12.3. The SMILES string of the molecule is CCC(C)OC(=O)CC1C(=O)NCCN1C(=S)NC(=O)CCC(=O)OCCc1ccccc1. The fourth-order valence-corrected chi connectivity index (χ4v) is 3.48. The van der Waals surface area contributed by atoms with Gasteiger partial charge in [-0.2, -0.15) is 0 Å². The fourth-order valence-electron chi connectivity index (χ4n) is 3.14. The molecule has 10 heteroatoms. The quantitative estimate of drug-likeness (QED) is 0.385. The van der Waals surface area contributed by atoms with Gasteiger partial charge >= 0.3 is 11.9 Å². The van der Waals surface area contributed by atoms with Crippen LogP contribution >= 0.6 is 12.2 Å². The highest BCUT2D eigenvalue weighted by atomic mass is 32.1. The third-order valence-electron chi connectivity index (χ3n) is 5.16. The van der Waals surface area contributed by atoms with Gasteiger partial charge in [0.1, 0.15) is 6.04 Å². The van der Waals surface area contributed by atoms with Gasteiger partial charge in [-0.15, -0.1) is 0 Å². The van der Waals surface area contributed by atoms with Crippen LogP contribution in [0.3, 0.4) is 0 Å². The van der Waals surface area contributed by atoms with Crippen LogP contribution in [0.5, 0.6) is 0 Å². The molecule has 1 aliphatic heterocycles. The summed E-state index contributed by atoms with van der Waals surface area (Å²) in [5.41, 5.74) is 1.06. The van der Waals surface area contributed by atoms with E-state index >= 15 is 0 Å². The van der Waals surface area contributed by atoms with E-state index in [1.165, 1.54) is 4.90 Å². The number of nitrogens with one attached hydrogen (secondary N) is 2. The van der Waals surface area contributed by atoms with Crippen molar-refractivity contribution in [2.75, 3.05) is 19.7 Å². The number of thiocarbonyl (C=S) groups is 1. The topological polar surface area (TPSA) is 114 Å². The fraction of sp³-hybridized carbons (Fsp3) is 0.522. The summed E-state index contributed by atoms with van der Waals surface area (Å²) in [4.78, 5) is 50.1. The predicted octanol–water partition coefficient (Wildman–Crippen LogP) is 1.49. The lowest BCUT2D eigenvalue weighted by atomic mass is 10.1. The molecule has 0 bridgehead atoms. The van der Waals surface area contributed by atoms with Crippen molar-refractivity contribution in [1.82, 2.24) is 15.5 Å². The van der Waals surface area contributed by atoms with Crippen LogP contribution in [-0.4, -0.2) is 65.6 Å². The number of piperazine rings is 1. The Bertz CT molecular complexity index is 848. The van der Waals surface area contributed by atoms with Gasteiger partial charge in [-0.3, -0.25) is 19.2 Å². The number of amides is 2. The third kappa shape index (κ3) is 9.17. The molecule has 0 radical (unpaired) electrons. The van der Waals surface area contributed by atoms with Crippen LogP contribution in [0.25, 0.3) is 0 Å². The summed E-state index contributed by atoms with van der Waals surface area (Å²) in [5, 5.41) is 5.27. The number of rotatable bonds is 10. The van der Waals surface area contributed by atoms with Crippen LogP contribution in [0, 0.1) is 0 Å². The van der Waals surface area contributed by atoms with Crippen LogP contribution in [0.1, 0.15) is 45.1 Å². The van der Waals surface area contributed by atoms with E-state index in [0.29, 0.717) is 25.9 Å². The Kier molecular flexibility index (Phi) is 10.8. The number of esters is 2. The first-order valence-electron chi connectivity index (χ1n) is 11.1. The highest BCUT2D eigenvalue weighted by Gasteiger charge is 2.34. The molecule has 2 atom stereocenters. The molecule has 33 heavy (non-hydrogen) atoms. The Hall–Kier alpha value is -3.01. The second kappa shape index (κ2) is 13.5. The summed E-state index contributed by atoms with van der Waals surface area (Å²) in [6.07, 6.45) is 0.631. The minimum Gasteiger partial charge on any atom is -0.465 e. The van der Waals surface area contributed by atoms with Gasteiger partial charge in [0.15, 0.2) is 5.11 Å². The van der Waals surface area contributed by atoms with E-state index in [1.54, 1.807) is 6.92 Å². The van der Waals surface area contributed by atoms with Crippen molar-refractivity contribution < 1.29 is 28.7 Å². The van der Waals surface area contributed by atoms with E-state index in [9.17, 15) is 19.2 Å². The zero-order valence-electron chi connectivity index (χ0n) is 19.0. The Balaban J connectivity index is 1.77. The van der Waals surface area contributed by atoms with Gasteiger partial charge in [-0.25, -0.2) is 0 Å². The zero-order valence-corrected chi connectivity index (χ0v) is 19.8. The van der Waals surface area contributed by atoms with E-state index < -0.39 is 23.9 Å². The van der Waals surface area contributed by atoms with E-state index in [-0.39, 0.29) is 43.0 Å². The Morgan fingerprint density at radius 1 is 1.21 bits per heavy atom. The number of hydrogen-bond acceptors (Lipinski definition) is 7. The first-order chi connectivity index (χ1) is 15.8. The van der Waals surface area contributed by atoms with Crippen molar-refractivity contribution in [3.05, 3.63) is 35.9 Å². The summed E-state index contributed by atoms with van der Waals surface area (Å²) in [6, 6.07) is 8.76. The second-order valence-electron chi connectivity index (χ2n) is 7.72. The average molecular weight is 478 g/mol. The highest BCUT2D eigenvalue weighted by molar-refractivity contribution is 7.80. The molecule has 1 aromatic carbocycles. The van der Waals surface area contributed by atoms with Crippen LogP contribution in [0.15, 0.2) is 30.3 Å². The van der Waals surface area contributed by atoms with Crippen LogP contribution in [-0.2, 0) is 35.1 Å². The van der Waals surface area contributed by atoms with Crippen LogP contribution < -0.4 is 10.6 Å². The molecule has 1 heterocycles. The molecule has 0 aliphatic carbocycles. The number of hydrogen-bond donors (Lipinski definition) is 2. The normalized spacial score (nSPS) is 16.4. The third-order valence-corrected chi connectivity index (χ3v) is 5.49. The first-order valence-corrected chi connectivity index (χ1v) is 11.5. The Morgan fingerprint density at radius 2 is 1.94 bits per heavy atom. The number of nitrogens with zero attached hydrogens (tertiary/aromatic N) is 1. The van der Waals surface area contributed by atoms with Gasteiger partial charge < -0.3 is 25.0 Å².